The van der Waals surface area contributed by atoms with E-state index < -0.39 is 11.9 Å². The number of anilines is 6. The van der Waals surface area contributed by atoms with E-state index in [2.05, 4.69) is 172 Å². The van der Waals surface area contributed by atoms with Crippen molar-refractivity contribution in [1.82, 2.24) is 19.9 Å². The zero-order valence-electron chi connectivity index (χ0n) is 34.0. The van der Waals surface area contributed by atoms with Crippen LogP contribution in [0.5, 0.6) is 0 Å². The molecular formula is C50H44F2N6. The molecule has 58 heavy (non-hydrogen) atoms. The van der Waals surface area contributed by atoms with Crippen LogP contribution >= 0.6 is 0 Å². The van der Waals surface area contributed by atoms with Gasteiger partial charge in [-0.1, -0.05) is 128 Å². The highest BCUT2D eigenvalue weighted by atomic mass is 19.2. The molecule has 0 aliphatic carbocycles. The first-order valence-electron chi connectivity index (χ1n) is 19.9. The van der Waals surface area contributed by atoms with Gasteiger partial charge in [0.25, 0.3) is 11.9 Å². The Morgan fingerprint density at radius 2 is 0.672 bits per heavy atom. The largest absolute Gasteiger partial charge is 0.308 e. The number of pyridine rings is 2. The van der Waals surface area contributed by atoms with Crippen molar-refractivity contribution in [3.63, 3.8) is 0 Å². The van der Waals surface area contributed by atoms with Crippen LogP contribution in [0.25, 0.3) is 32.8 Å². The van der Waals surface area contributed by atoms with Gasteiger partial charge in [-0.3, -0.25) is 9.97 Å². The first-order valence-corrected chi connectivity index (χ1v) is 19.9. The van der Waals surface area contributed by atoms with E-state index in [-0.39, 0.29) is 32.7 Å². The molecule has 288 valence electrons. The van der Waals surface area contributed by atoms with Crippen LogP contribution in [0.4, 0.5) is 42.9 Å². The van der Waals surface area contributed by atoms with Crippen molar-refractivity contribution in [2.24, 2.45) is 0 Å². The number of hydrogen-bond donors (Lipinski definition) is 0. The Morgan fingerprint density at radius 1 is 0.397 bits per heavy atom. The smallest absolute Gasteiger partial charge is 0.269 e. The lowest BCUT2D eigenvalue weighted by Gasteiger charge is -2.42. The van der Waals surface area contributed by atoms with E-state index in [4.69, 9.17) is 9.97 Å². The minimum Gasteiger partial charge on any atom is -0.308 e. The third kappa shape index (κ3) is 4.74. The highest BCUT2D eigenvalue weighted by molar-refractivity contribution is 6.21. The molecule has 6 nitrogen and oxygen atoms in total. The molecule has 0 saturated heterocycles. The quantitative estimate of drug-likeness (QED) is 0.163. The Hall–Kier alpha value is -6.28. The van der Waals surface area contributed by atoms with Crippen LogP contribution in [-0.2, 0) is 21.7 Å². The standard InChI is InChI=1S/C50H44F2N6/c1-47(2)33-17-9-13-21-37(33)57(38-22-14-10-18-34(38)48(47,3)4)29-25-31-41(53-27-29)42-32(44-43(31)55-45(51)46(52)56-44)26-30(28-54-42)58-39-23-15-11-19-35(39)49(5,6)50(7,8)36-20-12-16-24-40(36)58/h9-28H,1-8H3. The number of hydrogen-bond acceptors (Lipinski definition) is 6. The Labute approximate surface area is 337 Å². The Bertz CT molecular complexity index is 2700. The van der Waals surface area contributed by atoms with Crippen molar-refractivity contribution in [1.29, 1.82) is 0 Å². The van der Waals surface area contributed by atoms with E-state index in [0.29, 0.717) is 21.8 Å². The molecule has 5 heterocycles. The lowest BCUT2D eigenvalue weighted by Crippen LogP contribution is -2.39. The summed E-state index contributed by atoms with van der Waals surface area (Å²) >= 11 is 0. The molecular weight excluding hydrogens is 723 g/mol. The number of rotatable bonds is 2. The minimum absolute atomic E-state index is 0.214. The van der Waals surface area contributed by atoms with Gasteiger partial charge in [-0.05, 0) is 58.7 Å². The molecule has 5 aromatic carbocycles. The SMILES string of the molecule is CC1(C)c2ccccc2N(c2cnc3c(c2)c2nc(F)c(F)nc2c2cc(N4c5ccccc5C(C)(C)C(C)(C)c5ccccc54)cnc23)c2ccccc2C1(C)C. The number of nitrogens with zero attached hydrogens (tertiary/aromatic N) is 6. The second-order valence-electron chi connectivity index (χ2n) is 17.9. The van der Waals surface area contributed by atoms with E-state index in [1.165, 1.54) is 22.3 Å². The van der Waals surface area contributed by atoms with Crippen LogP contribution in [0, 0.1) is 11.9 Å². The third-order valence-electron chi connectivity index (χ3n) is 14.2. The molecule has 0 fully saturated rings. The monoisotopic (exact) mass is 766 g/mol. The summed E-state index contributed by atoms with van der Waals surface area (Å²) in [6, 6.07) is 37.8. The molecule has 0 bridgehead atoms. The third-order valence-corrected chi connectivity index (χ3v) is 14.2. The molecule has 0 spiro atoms. The van der Waals surface area contributed by atoms with Crippen molar-refractivity contribution < 1.29 is 8.78 Å². The predicted octanol–water partition coefficient (Wildman–Crippen LogP) is 13.1. The zero-order valence-corrected chi connectivity index (χ0v) is 34.0. The number of para-hydroxylation sites is 4. The van der Waals surface area contributed by atoms with Crippen molar-refractivity contribution >= 4 is 67.0 Å². The number of fused-ring (bicyclic) bond motifs is 10. The van der Waals surface area contributed by atoms with Crippen molar-refractivity contribution in [2.75, 3.05) is 9.80 Å². The molecule has 8 aromatic rings. The highest BCUT2D eigenvalue weighted by Crippen LogP contribution is 2.57. The van der Waals surface area contributed by atoms with Gasteiger partial charge in [-0.2, -0.15) is 8.78 Å². The van der Waals surface area contributed by atoms with Crippen LogP contribution < -0.4 is 9.80 Å². The van der Waals surface area contributed by atoms with Crippen molar-refractivity contribution in [3.8, 4) is 0 Å². The fraction of sp³-hybridized carbons (Fsp3) is 0.240. The van der Waals surface area contributed by atoms with E-state index in [1.54, 1.807) is 0 Å². The van der Waals surface area contributed by atoms with Crippen LogP contribution in [0.3, 0.4) is 0 Å². The molecule has 8 heteroatoms. The molecule has 3 aromatic heterocycles. The van der Waals surface area contributed by atoms with Crippen LogP contribution in [0.15, 0.2) is 122 Å². The Morgan fingerprint density at radius 3 is 0.966 bits per heavy atom. The molecule has 0 unspecified atom stereocenters. The van der Waals surface area contributed by atoms with Gasteiger partial charge < -0.3 is 9.80 Å². The van der Waals surface area contributed by atoms with Gasteiger partial charge in [0.2, 0.25) is 0 Å². The van der Waals surface area contributed by atoms with Gasteiger partial charge in [-0.15, -0.1) is 0 Å². The van der Waals surface area contributed by atoms with Gasteiger partial charge in [0.05, 0.1) is 34.8 Å². The number of aromatic nitrogens is 4. The second kappa shape index (κ2) is 12.1. The first kappa shape index (κ1) is 36.1. The van der Waals surface area contributed by atoms with Gasteiger partial charge in [0.1, 0.15) is 11.0 Å². The number of benzene rings is 5. The summed E-state index contributed by atoms with van der Waals surface area (Å²) in [5.74, 6) is -2.53. The fourth-order valence-corrected chi connectivity index (χ4v) is 9.61. The van der Waals surface area contributed by atoms with Crippen LogP contribution in [0.2, 0.25) is 0 Å². The zero-order chi connectivity index (χ0) is 40.5. The van der Waals surface area contributed by atoms with Gasteiger partial charge >= 0.3 is 0 Å². The van der Waals surface area contributed by atoms with Crippen molar-refractivity contribution in [2.45, 2.75) is 77.0 Å². The van der Waals surface area contributed by atoms with Crippen LogP contribution in [0.1, 0.15) is 77.6 Å². The van der Waals surface area contributed by atoms with E-state index in [0.717, 1.165) is 34.1 Å². The maximum Gasteiger partial charge on any atom is 0.269 e. The normalized spacial score (nSPS) is 17.3. The van der Waals surface area contributed by atoms with Gasteiger partial charge in [0.15, 0.2) is 0 Å². The molecule has 2 aliphatic rings. The van der Waals surface area contributed by atoms with E-state index in [1.807, 2.05) is 24.5 Å². The maximum absolute atomic E-state index is 15.3. The maximum atomic E-state index is 15.3. The molecule has 0 saturated carbocycles. The van der Waals surface area contributed by atoms with Crippen LogP contribution in [-0.4, -0.2) is 19.9 Å². The molecule has 0 atom stereocenters. The van der Waals surface area contributed by atoms with Crippen molar-refractivity contribution in [3.05, 3.63) is 156 Å². The summed E-state index contributed by atoms with van der Waals surface area (Å²) in [5.41, 5.74) is 10.8. The molecule has 2 aliphatic heterocycles. The average molecular weight is 767 g/mol. The summed E-state index contributed by atoms with van der Waals surface area (Å²) < 4.78 is 30.7. The van der Waals surface area contributed by atoms with E-state index >= 15 is 8.78 Å². The fourth-order valence-electron chi connectivity index (χ4n) is 9.61. The van der Waals surface area contributed by atoms with E-state index in [9.17, 15) is 0 Å². The summed E-state index contributed by atoms with van der Waals surface area (Å²) in [5, 5.41) is 1.05. The summed E-state index contributed by atoms with van der Waals surface area (Å²) in [4.78, 5) is 23.2. The molecule has 10 rings (SSSR count). The highest BCUT2D eigenvalue weighted by Gasteiger charge is 2.47. The predicted molar refractivity (Wildman–Crippen MR) is 232 cm³/mol. The second-order valence-corrected chi connectivity index (χ2v) is 17.9. The Balaban J connectivity index is 1.25. The molecule has 0 radical (unpaired) electrons. The molecule has 0 amide bonds. The molecule has 0 N–H and O–H groups in total. The summed E-state index contributed by atoms with van der Waals surface area (Å²) in [7, 11) is 0. The minimum atomic E-state index is -1.27. The van der Waals surface area contributed by atoms with Gasteiger partial charge in [-0.25, -0.2) is 9.97 Å². The lowest BCUT2D eigenvalue weighted by molar-refractivity contribution is 0.307. The average Bonchev–Trinajstić information content (AvgIpc) is 3.31. The summed E-state index contributed by atoms with van der Waals surface area (Å²) in [6.45, 7) is 18.3. The number of halogens is 2. The topological polar surface area (TPSA) is 58.0 Å². The Kier molecular flexibility index (Phi) is 7.54. The van der Waals surface area contributed by atoms with Gasteiger partial charge in [0, 0.05) is 55.2 Å². The first-order chi connectivity index (χ1) is 27.6. The summed E-state index contributed by atoms with van der Waals surface area (Å²) in [6.07, 6.45) is 3.70. The lowest BCUT2D eigenvalue weighted by atomic mass is 9.61.